The second-order valence-electron chi connectivity index (χ2n) is 15.4. The van der Waals surface area contributed by atoms with E-state index < -0.39 is 30.1 Å². The molecule has 3 N–H and O–H groups in total. The van der Waals surface area contributed by atoms with Gasteiger partial charge in [-0.15, -0.1) is 10.2 Å². The number of aliphatic hydroxyl groups excluding tert-OH is 2. The van der Waals surface area contributed by atoms with Gasteiger partial charge in [-0.05, 0) is 98.8 Å². The summed E-state index contributed by atoms with van der Waals surface area (Å²) in [5.41, 5.74) is 4.30. The van der Waals surface area contributed by atoms with Crippen molar-refractivity contribution in [1.82, 2.24) is 34.1 Å². The molecule has 3 aromatic carbocycles. The molecule has 5 aromatic rings. The van der Waals surface area contributed by atoms with Crippen LogP contribution in [0, 0.1) is 5.82 Å². The van der Waals surface area contributed by atoms with Gasteiger partial charge in [0.05, 0.1) is 25.2 Å². The molecule has 2 unspecified atom stereocenters. The molecule has 1 aliphatic carbocycles. The number of fused-ring (bicyclic) bond motifs is 1. The van der Waals surface area contributed by atoms with Crippen LogP contribution in [0.1, 0.15) is 65.3 Å². The Morgan fingerprint density at radius 2 is 1.51 bits per heavy atom. The zero-order valence-corrected chi connectivity index (χ0v) is 35.4. The number of halogens is 4. The molecule has 1 fully saturated rings. The lowest BCUT2D eigenvalue weighted by Gasteiger charge is -2.28. The number of nitrogens with zero attached hydrogens (tertiary/aromatic N) is 7. The van der Waals surface area contributed by atoms with Crippen LogP contribution in [0.2, 0.25) is 0 Å². The molecule has 336 valence electrons. The van der Waals surface area contributed by atoms with Crippen molar-refractivity contribution in [3.05, 3.63) is 129 Å². The minimum Gasteiger partial charge on any atom is -0.479 e. The Hall–Kier alpha value is -5.47. The van der Waals surface area contributed by atoms with Crippen molar-refractivity contribution in [1.29, 1.82) is 0 Å². The van der Waals surface area contributed by atoms with E-state index >= 15 is 0 Å². The third-order valence-corrected chi connectivity index (χ3v) is 11.9. The minimum absolute atomic E-state index is 0.156. The summed E-state index contributed by atoms with van der Waals surface area (Å²) in [6.07, 6.45) is -2.36. The molecular weight excluding hydrogens is 847 g/mol. The summed E-state index contributed by atoms with van der Waals surface area (Å²) < 4.78 is 61.0. The Kier molecular flexibility index (Phi) is 16.2. The van der Waals surface area contributed by atoms with Gasteiger partial charge in [0, 0.05) is 30.1 Å². The topological polar surface area (TPSA) is 176 Å². The third-order valence-electron chi connectivity index (χ3n) is 10.9. The first kappa shape index (κ1) is 47.0. The molecule has 0 saturated carbocycles. The molecule has 2 aliphatic rings. The van der Waals surface area contributed by atoms with E-state index in [9.17, 15) is 31.9 Å². The lowest BCUT2D eigenvalue weighted by Crippen LogP contribution is -2.36. The van der Waals surface area contributed by atoms with Gasteiger partial charge in [-0.1, -0.05) is 66.7 Å². The summed E-state index contributed by atoms with van der Waals surface area (Å²) in [5, 5.41) is 34.8. The maximum absolute atomic E-state index is 13.6. The summed E-state index contributed by atoms with van der Waals surface area (Å²) in [6.45, 7) is 5.45. The van der Waals surface area contributed by atoms with E-state index in [1.807, 2.05) is 24.3 Å². The molecule has 1 saturated heterocycles. The van der Waals surface area contributed by atoms with Crippen molar-refractivity contribution >= 4 is 24.2 Å². The van der Waals surface area contributed by atoms with Gasteiger partial charge < -0.3 is 34.1 Å². The summed E-state index contributed by atoms with van der Waals surface area (Å²) in [7, 11) is 2.10. The lowest BCUT2D eigenvalue weighted by molar-refractivity contribution is -0.185. The normalized spacial score (nSPS) is 15.0. The molecule has 0 bridgehead atoms. The number of rotatable bonds is 17. The van der Waals surface area contributed by atoms with Crippen LogP contribution in [-0.4, -0.2) is 107 Å². The molecular formula is C44H49F4N7O7S. The van der Waals surface area contributed by atoms with E-state index in [0.29, 0.717) is 42.5 Å². The highest BCUT2D eigenvalue weighted by molar-refractivity contribution is 7.98. The van der Waals surface area contributed by atoms with Gasteiger partial charge in [0.15, 0.2) is 11.0 Å². The zero-order chi connectivity index (χ0) is 45.1. The Labute approximate surface area is 365 Å². The van der Waals surface area contributed by atoms with Gasteiger partial charge >= 0.3 is 12.1 Å². The fourth-order valence-electron chi connectivity index (χ4n) is 7.42. The monoisotopic (exact) mass is 895 g/mol. The number of benzene rings is 3. The summed E-state index contributed by atoms with van der Waals surface area (Å²) in [5.74, 6) is 0.122. The minimum atomic E-state index is -4.38. The van der Waals surface area contributed by atoms with Gasteiger partial charge in [0.1, 0.15) is 11.6 Å². The molecule has 19 heteroatoms. The number of likely N-dealkylation sites (N-methyl/N-ethyl adjacent to an activating group) is 1. The Bertz CT molecular complexity index is 2360. The van der Waals surface area contributed by atoms with Crippen LogP contribution in [0.5, 0.6) is 0 Å². The number of hydrogen-bond donors (Lipinski definition) is 3. The first-order valence-corrected chi connectivity index (χ1v) is 21.4. The molecule has 7 rings (SSSR count). The second-order valence-corrected chi connectivity index (χ2v) is 16.4. The predicted octanol–water partition coefficient (Wildman–Crippen LogP) is 5.38. The SMILES string of the molecule is CN(CCN1CCCCC1)Cc1nnc(Cn2c(SCc3ccc(F)cc3)nc(=O)c3c2CCC3)n1Cc1ccc(-c2ccc(C(F)(F)F)cc2)cc1.O=COC(O)C(O)C(=O)O. The number of piperidine rings is 1. The maximum Gasteiger partial charge on any atom is 0.416 e. The van der Waals surface area contributed by atoms with Crippen molar-refractivity contribution in [2.24, 2.45) is 0 Å². The summed E-state index contributed by atoms with van der Waals surface area (Å²) in [4.78, 5) is 41.7. The first-order chi connectivity index (χ1) is 30.2. The van der Waals surface area contributed by atoms with Crippen LogP contribution in [0.25, 0.3) is 11.1 Å². The average Bonchev–Trinajstić information content (AvgIpc) is 3.92. The van der Waals surface area contributed by atoms with Gasteiger partial charge in [0.25, 0.3) is 12.0 Å². The Balaban J connectivity index is 0.000000590. The number of thioether (sulfide) groups is 1. The molecule has 3 heterocycles. The van der Waals surface area contributed by atoms with Gasteiger partial charge in [-0.2, -0.15) is 18.2 Å². The van der Waals surface area contributed by atoms with E-state index in [1.165, 1.54) is 55.3 Å². The third kappa shape index (κ3) is 12.8. The van der Waals surface area contributed by atoms with Crippen LogP contribution in [-0.2, 0) is 58.7 Å². The standard InChI is InChI=1S/C40H43F4N7OS.C4H6O6/c1-48(22-23-49-20-3-2-4-21-49)25-36-46-47-37(51(36)24-28-8-12-30(13-9-28)31-14-16-32(17-15-31)40(42,43)44)26-50-35-7-5-6-34(35)38(52)45-39(50)53-27-29-10-18-33(41)19-11-29;5-1-10-4(9)2(6)3(7)8/h8-19H,2-7,20-27H2,1H3;1-2,4,6,9H,(H,7,8). The first-order valence-electron chi connectivity index (χ1n) is 20.5. The van der Waals surface area contributed by atoms with Gasteiger partial charge in [-0.25, -0.2) is 9.18 Å². The van der Waals surface area contributed by atoms with Crippen molar-refractivity contribution in [3.63, 3.8) is 0 Å². The molecule has 14 nitrogen and oxygen atoms in total. The van der Waals surface area contributed by atoms with Crippen molar-refractivity contribution < 1.29 is 47.2 Å². The number of aromatic nitrogens is 5. The van der Waals surface area contributed by atoms with E-state index in [1.54, 1.807) is 12.1 Å². The second kappa shape index (κ2) is 21.7. The van der Waals surface area contributed by atoms with Crippen LogP contribution in [0.3, 0.4) is 0 Å². The van der Waals surface area contributed by atoms with Crippen LogP contribution in [0.15, 0.2) is 82.7 Å². The molecule has 63 heavy (non-hydrogen) atoms. The number of likely N-dealkylation sites (tertiary alicyclic amines) is 1. The summed E-state index contributed by atoms with van der Waals surface area (Å²) >= 11 is 1.45. The number of carboxylic acid groups (broad SMARTS) is 1. The molecule has 2 atom stereocenters. The largest absolute Gasteiger partial charge is 0.479 e. The highest BCUT2D eigenvalue weighted by Gasteiger charge is 2.30. The Morgan fingerprint density at radius 1 is 0.873 bits per heavy atom. The van der Waals surface area contributed by atoms with E-state index in [4.69, 9.17) is 25.5 Å². The van der Waals surface area contributed by atoms with Crippen molar-refractivity contribution in [2.75, 3.05) is 33.2 Å². The number of alkyl halides is 3. The maximum atomic E-state index is 13.6. The number of aliphatic hydroxyl groups is 2. The van der Waals surface area contributed by atoms with Gasteiger partial charge in [0.2, 0.25) is 12.4 Å². The highest BCUT2D eigenvalue weighted by atomic mass is 32.2. The highest BCUT2D eigenvalue weighted by Crippen LogP contribution is 2.32. The number of ether oxygens (including phenoxy) is 1. The van der Waals surface area contributed by atoms with Crippen LogP contribution in [0.4, 0.5) is 17.6 Å². The predicted molar refractivity (Wildman–Crippen MR) is 225 cm³/mol. The van der Waals surface area contributed by atoms with E-state index in [0.717, 1.165) is 90.7 Å². The molecule has 2 aromatic heterocycles. The number of carbonyl (C=O) groups excluding carboxylic acids is 1. The van der Waals surface area contributed by atoms with Crippen molar-refractivity contribution in [2.45, 2.75) is 87.6 Å². The lowest BCUT2D eigenvalue weighted by atomic mass is 10.0. The zero-order valence-electron chi connectivity index (χ0n) is 34.6. The number of carbonyl (C=O) groups is 2. The number of aliphatic carboxylic acids is 1. The fraction of sp³-hybridized carbons (Fsp3) is 0.409. The fourth-order valence-corrected chi connectivity index (χ4v) is 8.39. The van der Waals surface area contributed by atoms with Crippen LogP contribution >= 0.6 is 11.8 Å². The quantitative estimate of drug-likeness (QED) is 0.0357. The molecule has 0 radical (unpaired) electrons. The molecule has 0 spiro atoms. The smallest absolute Gasteiger partial charge is 0.416 e. The average molecular weight is 896 g/mol. The molecule has 1 aliphatic heterocycles. The van der Waals surface area contributed by atoms with Crippen LogP contribution < -0.4 is 5.56 Å². The molecule has 0 amide bonds. The number of carboxylic acids is 1. The Morgan fingerprint density at radius 3 is 2.14 bits per heavy atom. The van der Waals surface area contributed by atoms with E-state index in [2.05, 4.69) is 35.7 Å². The van der Waals surface area contributed by atoms with Crippen molar-refractivity contribution in [3.8, 4) is 11.1 Å². The number of hydrogen-bond acceptors (Lipinski definition) is 12. The van der Waals surface area contributed by atoms with E-state index in [-0.39, 0.29) is 17.8 Å². The summed E-state index contributed by atoms with van der Waals surface area (Å²) in [6, 6.07) is 19.4. The van der Waals surface area contributed by atoms with Gasteiger partial charge in [-0.3, -0.25) is 14.5 Å².